The molecule has 0 aliphatic carbocycles. The number of hydrogen-bond donors (Lipinski definition) is 3. The molecule has 0 atom stereocenters. The quantitative estimate of drug-likeness (QED) is 0.447. The predicted octanol–water partition coefficient (Wildman–Crippen LogP) is 4.68. The summed E-state index contributed by atoms with van der Waals surface area (Å²) in [4.78, 5) is 21.3. The molecule has 0 aliphatic rings. The van der Waals surface area contributed by atoms with E-state index < -0.39 is 0 Å². The van der Waals surface area contributed by atoms with E-state index in [9.17, 15) is 4.79 Å². The number of ether oxygens (including phenoxy) is 1. The topological polar surface area (TPSA) is 88.2 Å². The van der Waals surface area contributed by atoms with Crippen molar-refractivity contribution < 1.29 is 9.53 Å². The Balaban J connectivity index is 1.51. The Morgan fingerprint density at radius 1 is 0.969 bits per heavy atom. The number of anilines is 3. The first-order chi connectivity index (χ1) is 15.2. The molecule has 7 nitrogen and oxygen atoms in total. The summed E-state index contributed by atoms with van der Waals surface area (Å²) in [7, 11) is 1.64. The standard InChI is InChI=1S/C25H31N5O2/c1-17-16-22(29-20-10-12-21(32-5)13-11-20)30-24(28-17)27-15-14-26-23(31)18-6-8-19(9-7-18)25(2,3)4/h6-13,16H,14-15H2,1-5H3,(H,26,31)(H2,27,28,29,30). The molecule has 0 saturated heterocycles. The van der Waals surface area contributed by atoms with Gasteiger partial charge in [0.25, 0.3) is 5.91 Å². The molecular weight excluding hydrogens is 402 g/mol. The number of methoxy groups -OCH3 is 1. The zero-order chi connectivity index (χ0) is 23.1. The van der Waals surface area contributed by atoms with E-state index in [0.29, 0.717) is 30.4 Å². The second-order valence-electron chi connectivity index (χ2n) is 8.58. The van der Waals surface area contributed by atoms with Crippen molar-refractivity contribution in [3.63, 3.8) is 0 Å². The molecule has 0 unspecified atom stereocenters. The van der Waals surface area contributed by atoms with E-state index >= 15 is 0 Å². The molecule has 1 heterocycles. The molecule has 32 heavy (non-hydrogen) atoms. The Labute approximate surface area is 189 Å². The normalized spacial score (nSPS) is 11.0. The van der Waals surface area contributed by atoms with Crippen LogP contribution in [0.5, 0.6) is 5.75 Å². The van der Waals surface area contributed by atoms with Crippen LogP contribution in [0.2, 0.25) is 0 Å². The molecule has 3 rings (SSSR count). The fourth-order valence-electron chi connectivity index (χ4n) is 3.11. The fourth-order valence-corrected chi connectivity index (χ4v) is 3.11. The van der Waals surface area contributed by atoms with Gasteiger partial charge in [-0.1, -0.05) is 32.9 Å². The smallest absolute Gasteiger partial charge is 0.251 e. The van der Waals surface area contributed by atoms with Crippen LogP contribution < -0.4 is 20.7 Å². The number of benzene rings is 2. The van der Waals surface area contributed by atoms with E-state index in [4.69, 9.17) is 4.74 Å². The van der Waals surface area contributed by atoms with E-state index in [1.165, 1.54) is 5.56 Å². The summed E-state index contributed by atoms with van der Waals surface area (Å²) in [6.45, 7) is 9.34. The van der Waals surface area contributed by atoms with Gasteiger partial charge < -0.3 is 20.7 Å². The number of rotatable bonds is 8. The van der Waals surface area contributed by atoms with Crippen molar-refractivity contribution in [2.24, 2.45) is 0 Å². The number of nitrogens with one attached hydrogen (secondary N) is 3. The summed E-state index contributed by atoms with van der Waals surface area (Å²) in [6.07, 6.45) is 0. The number of carbonyl (C=O) groups excluding carboxylic acids is 1. The van der Waals surface area contributed by atoms with Gasteiger partial charge in [-0.05, 0) is 54.3 Å². The van der Waals surface area contributed by atoms with Crippen molar-refractivity contribution in [2.75, 3.05) is 30.8 Å². The van der Waals surface area contributed by atoms with Crippen LogP contribution in [-0.2, 0) is 5.41 Å². The van der Waals surface area contributed by atoms with Crippen molar-refractivity contribution >= 4 is 23.4 Å². The number of carbonyl (C=O) groups is 1. The van der Waals surface area contributed by atoms with Gasteiger partial charge in [0.05, 0.1) is 7.11 Å². The van der Waals surface area contributed by atoms with Crippen LogP contribution in [0.4, 0.5) is 17.5 Å². The third-order valence-electron chi connectivity index (χ3n) is 4.92. The highest BCUT2D eigenvalue weighted by Crippen LogP contribution is 2.22. The Bertz CT molecular complexity index is 1040. The average Bonchev–Trinajstić information content (AvgIpc) is 2.76. The highest BCUT2D eigenvalue weighted by atomic mass is 16.5. The largest absolute Gasteiger partial charge is 0.497 e. The molecule has 0 saturated carbocycles. The van der Waals surface area contributed by atoms with Crippen LogP contribution in [0.25, 0.3) is 0 Å². The molecule has 1 amide bonds. The zero-order valence-corrected chi connectivity index (χ0v) is 19.3. The predicted molar refractivity (Wildman–Crippen MR) is 129 cm³/mol. The first-order valence-electron chi connectivity index (χ1n) is 10.6. The molecule has 2 aromatic carbocycles. The zero-order valence-electron chi connectivity index (χ0n) is 19.3. The second kappa shape index (κ2) is 10.1. The van der Waals surface area contributed by atoms with Gasteiger partial charge in [0.2, 0.25) is 5.95 Å². The first kappa shape index (κ1) is 23.1. The average molecular weight is 434 g/mol. The third-order valence-corrected chi connectivity index (χ3v) is 4.92. The van der Waals surface area contributed by atoms with Gasteiger partial charge >= 0.3 is 0 Å². The molecule has 0 spiro atoms. The van der Waals surface area contributed by atoms with E-state index in [1.54, 1.807) is 7.11 Å². The van der Waals surface area contributed by atoms with Gasteiger partial charge in [-0.2, -0.15) is 4.98 Å². The van der Waals surface area contributed by atoms with Crippen molar-refractivity contribution in [1.82, 2.24) is 15.3 Å². The van der Waals surface area contributed by atoms with E-state index in [-0.39, 0.29) is 11.3 Å². The Morgan fingerprint density at radius 2 is 1.66 bits per heavy atom. The minimum Gasteiger partial charge on any atom is -0.497 e. The monoisotopic (exact) mass is 433 g/mol. The van der Waals surface area contributed by atoms with E-state index in [1.807, 2.05) is 61.5 Å². The molecule has 1 aromatic heterocycles. The molecule has 168 valence electrons. The lowest BCUT2D eigenvalue weighted by Crippen LogP contribution is -2.29. The van der Waals surface area contributed by atoms with Crippen LogP contribution in [0, 0.1) is 6.92 Å². The van der Waals surface area contributed by atoms with Crippen molar-refractivity contribution in [3.05, 3.63) is 71.4 Å². The first-order valence-corrected chi connectivity index (χ1v) is 10.6. The molecule has 0 radical (unpaired) electrons. The van der Waals surface area contributed by atoms with Gasteiger partial charge in [-0.3, -0.25) is 4.79 Å². The van der Waals surface area contributed by atoms with E-state index in [2.05, 4.69) is 46.7 Å². The summed E-state index contributed by atoms with van der Waals surface area (Å²) in [6, 6.07) is 17.2. The van der Waals surface area contributed by atoms with Crippen LogP contribution in [0.15, 0.2) is 54.6 Å². The van der Waals surface area contributed by atoms with Gasteiger partial charge in [0.15, 0.2) is 0 Å². The van der Waals surface area contributed by atoms with Crippen LogP contribution in [0.1, 0.15) is 42.4 Å². The van der Waals surface area contributed by atoms with Crippen LogP contribution >= 0.6 is 0 Å². The summed E-state index contributed by atoms with van der Waals surface area (Å²) in [5.41, 5.74) is 3.65. The lowest BCUT2D eigenvalue weighted by molar-refractivity contribution is 0.0955. The summed E-state index contributed by atoms with van der Waals surface area (Å²) in [5, 5.41) is 9.36. The van der Waals surface area contributed by atoms with Crippen molar-refractivity contribution in [2.45, 2.75) is 33.1 Å². The van der Waals surface area contributed by atoms with E-state index in [0.717, 1.165) is 17.1 Å². The highest BCUT2D eigenvalue weighted by molar-refractivity contribution is 5.94. The molecule has 3 N–H and O–H groups in total. The lowest BCUT2D eigenvalue weighted by atomic mass is 9.87. The molecular formula is C25H31N5O2. The Hall–Kier alpha value is -3.61. The molecule has 0 bridgehead atoms. The SMILES string of the molecule is COc1ccc(Nc2cc(C)nc(NCCNC(=O)c3ccc(C(C)(C)C)cc3)n2)cc1. The Kier molecular flexibility index (Phi) is 7.30. The summed E-state index contributed by atoms with van der Waals surface area (Å²) in [5.74, 6) is 1.89. The van der Waals surface area contributed by atoms with Crippen molar-refractivity contribution in [1.29, 1.82) is 0 Å². The maximum absolute atomic E-state index is 12.4. The second-order valence-corrected chi connectivity index (χ2v) is 8.58. The Morgan fingerprint density at radius 3 is 2.28 bits per heavy atom. The summed E-state index contributed by atoms with van der Waals surface area (Å²) >= 11 is 0. The number of amides is 1. The molecule has 7 heteroatoms. The minimum atomic E-state index is -0.0979. The molecule has 0 aliphatic heterocycles. The number of nitrogens with zero attached hydrogens (tertiary/aromatic N) is 2. The van der Waals surface area contributed by atoms with Gasteiger partial charge in [0, 0.05) is 36.1 Å². The number of hydrogen-bond acceptors (Lipinski definition) is 6. The molecule has 0 fully saturated rings. The maximum Gasteiger partial charge on any atom is 0.251 e. The van der Waals surface area contributed by atoms with Crippen LogP contribution in [0.3, 0.4) is 0 Å². The molecule has 3 aromatic rings. The fraction of sp³-hybridized carbons (Fsp3) is 0.320. The minimum absolute atomic E-state index is 0.0633. The highest BCUT2D eigenvalue weighted by Gasteiger charge is 2.14. The third kappa shape index (κ3) is 6.44. The summed E-state index contributed by atoms with van der Waals surface area (Å²) < 4.78 is 5.18. The van der Waals surface area contributed by atoms with Gasteiger partial charge in [0.1, 0.15) is 11.6 Å². The van der Waals surface area contributed by atoms with Gasteiger partial charge in [-0.25, -0.2) is 4.98 Å². The van der Waals surface area contributed by atoms with Crippen molar-refractivity contribution in [3.8, 4) is 5.75 Å². The van der Waals surface area contributed by atoms with Gasteiger partial charge in [-0.15, -0.1) is 0 Å². The van der Waals surface area contributed by atoms with Crippen LogP contribution in [-0.4, -0.2) is 36.1 Å². The maximum atomic E-state index is 12.4. The number of aromatic nitrogens is 2. The number of aryl methyl sites for hydroxylation is 1. The lowest BCUT2D eigenvalue weighted by Gasteiger charge is -2.19.